The van der Waals surface area contributed by atoms with Gasteiger partial charge in [0.2, 0.25) is 0 Å². The molecule has 1 aromatic rings. The molecule has 0 amide bonds. The molecule has 1 atom stereocenters. The van der Waals surface area contributed by atoms with Gasteiger partial charge in [-0.1, -0.05) is 36.6 Å². The average Bonchev–Trinajstić information content (AvgIpc) is 3.05. The molecule has 1 saturated carbocycles. The maximum Gasteiger partial charge on any atom is 0.0406 e. The molecular weight excluding hydrogens is 218 g/mol. The Labute approximate surface area is 103 Å². The second-order valence-corrected chi connectivity index (χ2v) is 5.35. The van der Waals surface area contributed by atoms with Gasteiger partial charge >= 0.3 is 0 Å². The molecule has 0 saturated heterocycles. The van der Waals surface area contributed by atoms with Crippen molar-refractivity contribution in [3.63, 3.8) is 0 Å². The minimum Gasteiger partial charge on any atom is -0.314 e. The van der Waals surface area contributed by atoms with Crippen LogP contribution in [0.3, 0.4) is 0 Å². The van der Waals surface area contributed by atoms with Crippen LogP contribution in [0.2, 0.25) is 5.02 Å². The Kier molecular flexibility index (Phi) is 4.25. The molecule has 16 heavy (non-hydrogen) atoms. The number of halogens is 1. The molecule has 1 aromatic carbocycles. The molecule has 1 aliphatic rings. The highest BCUT2D eigenvalue weighted by molar-refractivity contribution is 6.30. The van der Waals surface area contributed by atoms with Crippen molar-refractivity contribution in [1.82, 2.24) is 5.32 Å². The third kappa shape index (κ3) is 4.15. The van der Waals surface area contributed by atoms with Gasteiger partial charge < -0.3 is 5.32 Å². The molecule has 0 heterocycles. The van der Waals surface area contributed by atoms with Crippen LogP contribution in [0.15, 0.2) is 24.3 Å². The van der Waals surface area contributed by atoms with Gasteiger partial charge in [-0.25, -0.2) is 0 Å². The monoisotopic (exact) mass is 237 g/mol. The van der Waals surface area contributed by atoms with Crippen LogP contribution in [-0.4, -0.2) is 12.6 Å². The van der Waals surface area contributed by atoms with Crippen LogP contribution in [0.5, 0.6) is 0 Å². The second-order valence-electron chi connectivity index (χ2n) is 4.92. The number of benzene rings is 1. The van der Waals surface area contributed by atoms with E-state index in [1.807, 2.05) is 12.1 Å². The van der Waals surface area contributed by atoms with Crippen molar-refractivity contribution in [2.75, 3.05) is 6.54 Å². The van der Waals surface area contributed by atoms with Gasteiger partial charge in [0.25, 0.3) is 0 Å². The molecule has 2 heteroatoms. The summed E-state index contributed by atoms with van der Waals surface area (Å²) >= 11 is 5.86. The van der Waals surface area contributed by atoms with E-state index in [1.165, 1.54) is 31.4 Å². The molecule has 1 aliphatic carbocycles. The Hall–Kier alpha value is -0.530. The lowest BCUT2D eigenvalue weighted by molar-refractivity contribution is 0.519. The first kappa shape index (κ1) is 11.9. The van der Waals surface area contributed by atoms with Crippen molar-refractivity contribution in [2.45, 2.75) is 38.6 Å². The van der Waals surface area contributed by atoms with E-state index in [2.05, 4.69) is 24.4 Å². The Morgan fingerprint density at radius 2 is 2.00 bits per heavy atom. The Morgan fingerprint density at radius 1 is 1.31 bits per heavy atom. The fourth-order valence-electron chi connectivity index (χ4n) is 1.99. The third-order valence-electron chi connectivity index (χ3n) is 3.20. The quantitative estimate of drug-likeness (QED) is 0.796. The van der Waals surface area contributed by atoms with Crippen LogP contribution in [0.1, 0.15) is 31.7 Å². The van der Waals surface area contributed by atoms with Crippen LogP contribution in [0.4, 0.5) is 0 Å². The first-order chi connectivity index (χ1) is 7.74. The molecular formula is C14H20ClN. The van der Waals surface area contributed by atoms with Gasteiger partial charge in [-0.2, -0.15) is 0 Å². The van der Waals surface area contributed by atoms with Crippen LogP contribution >= 0.6 is 11.6 Å². The lowest BCUT2D eigenvalue weighted by Gasteiger charge is -2.13. The summed E-state index contributed by atoms with van der Waals surface area (Å²) in [5.74, 6) is 1.02. The second kappa shape index (κ2) is 5.70. The van der Waals surface area contributed by atoms with Gasteiger partial charge in [-0.3, -0.25) is 0 Å². The van der Waals surface area contributed by atoms with Gasteiger partial charge in [0.15, 0.2) is 0 Å². The highest BCUT2D eigenvalue weighted by Gasteiger charge is 2.20. The Bertz CT molecular complexity index is 316. The fraction of sp³-hybridized carbons (Fsp3) is 0.571. The van der Waals surface area contributed by atoms with Gasteiger partial charge in [-0.15, -0.1) is 0 Å². The number of hydrogen-bond acceptors (Lipinski definition) is 1. The SMILES string of the molecule is CC(Cc1ccc(Cl)cc1)NCCC1CC1. The topological polar surface area (TPSA) is 12.0 Å². The zero-order chi connectivity index (χ0) is 11.4. The third-order valence-corrected chi connectivity index (χ3v) is 3.45. The Balaban J connectivity index is 1.68. The highest BCUT2D eigenvalue weighted by atomic mass is 35.5. The molecule has 1 fully saturated rings. The summed E-state index contributed by atoms with van der Waals surface area (Å²) in [4.78, 5) is 0. The van der Waals surface area contributed by atoms with E-state index in [4.69, 9.17) is 11.6 Å². The summed E-state index contributed by atoms with van der Waals surface area (Å²) in [5, 5.41) is 4.40. The lowest BCUT2D eigenvalue weighted by Crippen LogP contribution is -2.29. The van der Waals surface area contributed by atoms with Crippen LogP contribution < -0.4 is 5.32 Å². The van der Waals surface area contributed by atoms with Crippen molar-refractivity contribution in [2.24, 2.45) is 5.92 Å². The van der Waals surface area contributed by atoms with Gasteiger partial charge in [0.05, 0.1) is 0 Å². The minimum atomic E-state index is 0.555. The largest absolute Gasteiger partial charge is 0.314 e. The molecule has 88 valence electrons. The van der Waals surface area contributed by atoms with E-state index in [0.29, 0.717) is 6.04 Å². The van der Waals surface area contributed by atoms with E-state index >= 15 is 0 Å². The summed E-state index contributed by atoms with van der Waals surface area (Å²) in [6, 6.07) is 8.71. The van der Waals surface area contributed by atoms with E-state index in [1.54, 1.807) is 0 Å². The smallest absolute Gasteiger partial charge is 0.0406 e. The number of hydrogen-bond donors (Lipinski definition) is 1. The first-order valence-corrected chi connectivity index (χ1v) is 6.59. The molecule has 0 spiro atoms. The predicted octanol–water partition coefficient (Wildman–Crippen LogP) is 3.66. The molecule has 1 nitrogen and oxygen atoms in total. The van der Waals surface area contributed by atoms with Crippen LogP contribution in [0.25, 0.3) is 0 Å². The molecule has 0 aromatic heterocycles. The normalized spacial score (nSPS) is 17.4. The summed E-state index contributed by atoms with van der Waals surface area (Å²) in [6.45, 7) is 3.42. The van der Waals surface area contributed by atoms with Gasteiger partial charge in [0.1, 0.15) is 0 Å². The zero-order valence-electron chi connectivity index (χ0n) is 9.88. The van der Waals surface area contributed by atoms with Crippen LogP contribution in [0, 0.1) is 5.92 Å². The lowest BCUT2D eigenvalue weighted by atomic mass is 10.1. The van der Waals surface area contributed by atoms with E-state index in [-0.39, 0.29) is 0 Å². The molecule has 1 N–H and O–H groups in total. The highest BCUT2D eigenvalue weighted by Crippen LogP contribution is 2.31. The summed E-state index contributed by atoms with van der Waals surface area (Å²) in [7, 11) is 0. The van der Waals surface area contributed by atoms with E-state index < -0.39 is 0 Å². The Morgan fingerprint density at radius 3 is 2.62 bits per heavy atom. The van der Waals surface area contributed by atoms with E-state index in [0.717, 1.165) is 17.4 Å². The van der Waals surface area contributed by atoms with Crippen molar-refractivity contribution in [1.29, 1.82) is 0 Å². The number of rotatable bonds is 6. The molecule has 0 aliphatic heterocycles. The standard InChI is InChI=1S/C14H20ClN/c1-11(16-9-8-12-2-3-12)10-13-4-6-14(15)7-5-13/h4-7,11-12,16H,2-3,8-10H2,1H3. The average molecular weight is 238 g/mol. The molecule has 1 unspecified atom stereocenters. The van der Waals surface area contributed by atoms with Crippen LogP contribution in [-0.2, 0) is 6.42 Å². The van der Waals surface area contributed by atoms with Gasteiger partial charge in [-0.05, 0) is 49.9 Å². The predicted molar refractivity (Wildman–Crippen MR) is 70.0 cm³/mol. The van der Waals surface area contributed by atoms with Crippen molar-refractivity contribution in [3.8, 4) is 0 Å². The molecule has 0 bridgehead atoms. The summed E-state index contributed by atoms with van der Waals surface area (Å²) in [5.41, 5.74) is 1.36. The zero-order valence-corrected chi connectivity index (χ0v) is 10.6. The van der Waals surface area contributed by atoms with Crippen molar-refractivity contribution < 1.29 is 0 Å². The maximum absolute atomic E-state index is 5.86. The van der Waals surface area contributed by atoms with Gasteiger partial charge in [0, 0.05) is 11.1 Å². The summed E-state index contributed by atoms with van der Waals surface area (Å²) < 4.78 is 0. The first-order valence-electron chi connectivity index (χ1n) is 6.22. The van der Waals surface area contributed by atoms with Crippen molar-refractivity contribution in [3.05, 3.63) is 34.9 Å². The van der Waals surface area contributed by atoms with Crippen molar-refractivity contribution >= 4 is 11.6 Å². The number of nitrogens with one attached hydrogen (secondary N) is 1. The molecule has 0 radical (unpaired) electrons. The maximum atomic E-state index is 5.86. The minimum absolute atomic E-state index is 0.555. The van der Waals surface area contributed by atoms with E-state index in [9.17, 15) is 0 Å². The fourth-order valence-corrected chi connectivity index (χ4v) is 2.11. The molecule has 2 rings (SSSR count). The summed E-state index contributed by atoms with van der Waals surface area (Å²) in [6.07, 6.45) is 5.34.